The Kier molecular flexibility index (Phi) is 6.06. The van der Waals surface area contributed by atoms with E-state index in [4.69, 9.17) is 9.84 Å². The molecule has 0 unspecified atom stereocenters. The molecule has 0 spiro atoms. The van der Waals surface area contributed by atoms with Gasteiger partial charge in [-0.15, -0.1) is 0 Å². The van der Waals surface area contributed by atoms with E-state index < -0.39 is 5.97 Å². The summed E-state index contributed by atoms with van der Waals surface area (Å²) >= 11 is 0. The molecule has 1 aromatic rings. The molecular weight excluding hydrogens is 192 g/mol. The summed E-state index contributed by atoms with van der Waals surface area (Å²) < 4.78 is 4.99. The van der Waals surface area contributed by atoms with Crippen LogP contribution in [-0.2, 0) is 4.79 Å². The van der Waals surface area contributed by atoms with Crippen molar-refractivity contribution >= 4 is 5.97 Å². The molecule has 15 heavy (non-hydrogen) atoms. The van der Waals surface area contributed by atoms with Crippen LogP contribution >= 0.6 is 0 Å². The number of aliphatic hydroxyl groups is 1. The molecule has 82 valence electrons. The maximum Gasteiger partial charge on any atom is 0.335 e. The van der Waals surface area contributed by atoms with Crippen molar-refractivity contribution in [1.29, 1.82) is 0 Å². The van der Waals surface area contributed by atoms with Crippen molar-refractivity contribution < 1.29 is 14.6 Å². The van der Waals surface area contributed by atoms with Gasteiger partial charge < -0.3 is 9.84 Å². The van der Waals surface area contributed by atoms with Gasteiger partial charge in [0.15, 0.2) is 0 Å². The number of carbonyl (C=O) groups is 1. The molecule has 0 aromatic heterocycles. The predicted octanol–water partition coefficient (Wildman–Crippen LogP) is 2.00. The van der Waals surface area contributed by atoms with Crippen LogP contribution in [0.5, 0.6) is 5.75 Å². The van der Waals surface area contributed by atoms with E-state index in [0.29, 0.717) is 5.75 Å². The molecule has 0 bridgehead atoms. The van der Waals surface area contributed by atoms with Gasteiger partial charge in [-0.2, -0.15) is 0 Å². The fraction of sp³-hybridized carbons (Fsp3) is 0.250. The zero-order valence-electron chi connectivity index (χ0n) is 9.28. The number of esters is 1. The van der Waals surface area contributed by atoms with Crippen molar-refractivity contribution in [2.45, 2.75) is 13.8 Å². The summed E-state index contributed by atoms with van der Waals surface area (Å²) in [4.78, 5) is 10.9. The minimum Gasteiger partial charge on any atom is -0.423 e. The Morgan fingerprint density at radius 1 is 1.40 bits per heavy atom. The van der Waals surface area contributed by atoms with Gasteiger partial charge in [-0.1, -0.05) is 24.3 Å². The monoisotopic (exact) mass is 208 g/mol. The second-order valence-corrected chi connectivity index (χ2v) is 2.89. The molecule has 3 nitrogen and oxygen atoms in total. The predicted molar refractivity (Wildman–Crippen MR) is 59.9 cm³/mol. The third-order valence-corrected chi connectivity index (χ3v) is 1.71. The Labute approximate surface area is 90.0 Å². The quantitative estimate of drug-likeness (QED) is 0.459. The molecule has 0 heterocycles. The second-order valence-electron chi connectivity index (χ2n) is 2.89. The fourth-order valence-corrected chi connectivity index (χ4v) is 1.06. The molecule has 0 radical (unpaired) electrons. The Bertz CT molecular complexity index is 343. The summed E-state index contributed by atoms with van der Waals surface area (Å²) in [5.74, 6) is 0.169. The Hall–Kier alpha value is -1.61. The number of hydrogen-bond donors (Lipinski definition) is 1. The van der Waals surface area contributed by atoms with Crippen LogP contribution < -0.4 is 4.74 Å². The lowest BCUT2D eigenvalue weighted by molar-refractivity contribution is -0.129. The second kappa shape index (κ2) is 6.79. The first kappa shape index (κ1) is 13.4. The molecule has 3 heteroatoms. The average Bonchev–Trinajstić information content (AvgIpc) is 2.25. The number of aryl methyl sites for hydroxylation is 2. The van der Waals surface area contributed by atoms with Gasteiger partial charge in [0.05, 0.1) is 0 Å². The van der Waals surface area contributed by atoms with Crippen LogP contribution in [0.2, 0.25) is 0 Å². The number of benzene rings is 1. The van der Waals surface area contributed by atoms with E-state index in [1.165, 1.54) is 0 Å². The van der Waals surface area contributed by atoms with Crippen molar-refractivity contribution in [3.8, 4) is 5.75 Å². The number of rotatable bonds is 2. The van der Waals surface area contributed by atoms with Gasteiger partial charge in [0.2, 0.25) is 0 Å². The van der Waals surface area contributed by atoms with Gasteiger partial charge in [-0.25, -0.2) is 4.79 Å². The van der Waals surface area contributed by atoms with E-state index in [1.807, 2.05) is 26.0 Å². The SMILES string of the molecule is C=CC(=O)Oc1ccc(C)cc1C.CO. The van der Waals surface area contributed by atoms with Crippen molar-refractivity contribution in [3.63, 3.8) is 0 Å². The summed E-state index contributed by atoms with van der Waals surface area (Å²) in [7, 11) is 1.00. The zero-order valence-corrected chi connectivity index (χ0v) is 9.28. The third-order valence-electron chi connectivity index (χ3n) is 1.71. The molecule has 0 saturated heterocycles. The highest BCUT2D eigenvalue weighted by atomic mass is 16.5. The third kappa shape index (κ3) is 4.42. The van der Waals surface area contributed by atoms with Crippen LogP contribution in [0.3, 0.4) is 0 Å². The topological polar surface area (TPSA) is 46.5 Å². The maximum atomic E-state index is 10.9. The summed E-state index contributed by atoms with van der Waals surface area (Å²) in [6.07, 6.45) is 1.15. The molecule has 1 aromatic carbocycles. The summed E-state index contributed by atoms with van der Waals surface area (Å²) in [5, 5.41) is 7.00. The molecule has 0 aliphatic carbocycles. The molecule has 0 aliphatic heterocycles. The van der Waals surface area contributed by atoms with Gasteiger partial charge in [-0.3, -0.25) is 0 Å². The molecule has 0 saturated carbocycles. The minimum atomic E-state index is -0.424. The highest BCUT2D eigenvalue weighted by molar-refractivity contribution is 5.83. The minimum absolute atomic E-state index is 0.424. The highest BCUT2D eigenvalue weighted by Gasteiger charge is 2.02. The Morgan fingerprint density at radius 3 is 2.47 bits per heavy atom. The van der Waals surface area contributed by atoms with E-state index in [9.17, 15) is 4.79 Å². The first-order valence-corrected chi connectivity index (χ1v) is 4.49. The summed E-state index contributed by atoms with van der Waals surface area (Å²) in [5.41, 5.74) is 2.10. The number of hydrogen-bond acceptors (Lipinski definition) is 3. The molecule has 0 atom stereocenters. The van der Waals surface area contributed by atoms with Crippen LogP contribution in [0, 0.1) is 13.8 Å². The van der Waals surface area contributed by atoms with Crippen LogP contribution in [0.15, 0.2) is 30.9 Å². The van der Waals surface area contributed by atoms with Gasteiger partial charge in [0.1, 0.15) is 5.75 Å². The number of carbonyl (C=O) groups excluding carboxylic acids is 1. The Morgan fingerprint density at radius 2 is 2.00 bits per heavy atom. The largest absolute Gasteiger partial charge is 0.423 e. The van der Waals surface area contributed by atoms with E-state index in [2.05, 4.69) is 6.58 Å². The zero-order chi connectivity index (χ0) is 11.8. The van der Waals surface area contributed by atoms with E-state index in [-0.39, 0.29) is 0 Å². The number of ether oxygens (including phenoxy) is 1. The normalized spacial score (nSPS) is 8.53. The van der Waals surface area contributed by atoms with Gasteiger partial charge in [0, 0.05) is 13.2 Å². The van der Waals surface area contributed by atoms with Crippen molar-refractivity contribution in [2.24, 2.45) is 0 Å². The van der Waals surface area contributed by atoms with Gasteiger partial charge in [0.25, 0.3) is 0 Å². The molecule has 0 aliphatic rings. The van der Waals surface area contributed by atoms with Crippen LogP contribution in [0.1, 0.15) is 11.1 Å². The van der Waals surface area contributed by atoms with E-state index >= 15 is 0 Å². The summed E-state index contributed by atoms with van der Waals surface area (Å²) in [6, 6.07) is 5.65. The molecule has 1 rings (SSSR count). The molecule has 1 N–H and O–H groups in total. The molecule has 0 fully saturated rings. The van der Waals surface area contributed by atoms with Gasteiger partial charge in [-0.05, 0) is 25.5 Å². The highest BCUT2D eigenvalue weighted by Crippen LogP contribution is 2.18. The molecule has 0 amide bonds. The van der Waals surface area contributed by atoms with Crippen LogP contribution in [0.25, 0.3) is 0 Å². The van der Waals surface area contributed by atoms with Crippen molar-refractivity contribution in [2.75, 3.05) is 7.11 Å². The number of aliphatic hydroxyl groups excluding tert-OH is 1. The van der Waals surface area contributed by atoms with Crippen LogP contribution in [0.4, 0.5) is 0 Å². The van der Waals surface area contributed by atoms with E-state index in [1.54, 1.807) is 6.07 Å². The van der Waals surface area contributed by atoms with Gasteiger partial charge >= 0.3 is 5.97 Å². The first-order chi connectivity index (χ1) is 7.13. The average molecular weight is 208 g/mol. The van der Waals surface area contributed by atoms with Crippen LogP contribution in [-0.4, -0.2) is 18.2 Å². The van der Waals surface area contributed by atoms with Crippen molar-refractivity contribution in [3.05, 3.63) is 42.0 Å². The lowest BCUT2D eigenvalue weighted by Gasteiger charge is -2.05. The standard InChI is InChI=1S/C11H12O2.CH4O/c1-4-11(12)13-10-6-5-8(2)7-9(10)3;1-2/h4-7H,1H2,2-3H3;2H,1H3. The maximum absolute atomic E-state index is 10.9. The first-order valence-electron chi connectivity index (χ1n) is 4.49. The lowest BCUT2D eigenvalue weighted by atomic mass is 10.1. The fourth-order valence-electron chi connectivity index (χ4n) is 1.06. The van der Waals surface area contributed by atoms with Crippen molar-refractivity contribution in [1.82, 2.24) is 0 Å². The lowest BCUT2D eigenvalue weighted by Crippen LogP contribution is -2.04. The summed E-state index contributed by atoms with van der Waals surface area (Å²) in [6.45, 7) is 7.22. The van der Waals surface area contributed by atoms with E-state index in [0.717, 1.165) is 24.3 Å². The Balaban J connectivity index is 0.000000921. The molecular formula is C12H16O3. The smallest absolute Gasteiger partial charge is 0.335 e.